The molecule has 2 aromatic carbocycles. The van der Waals surface area contributed by atoms with Crippen molar-refractivity contribution in [2.45, 2.75) is 66.5 Å². The fourth-order valence-corrected chi connectivity index (χ4v) is 4.14. The second kappa shape index (κ2) is 12.1. The molecule has 0 saturated carbocycles. The number of hydrogen-bond donors (Lipinski definition) is 2. The quantitative estimate of drug-likeness (QED) is 0.485. The Kier molecular flexibility index (Phi) is 9.72. The maximum atomic E-state index is 13.8. The molecule has 0 radical (unpaired) electrons. The number of halogens is 1. The van der Waals surface area contributed by atoms with Gasteiger partial charge in [-0.05, 0) is 76.3 Å². The predicted octanol–water partition coefficient (Wildman–Crippen LogP) is 5.71. The van der Waals surface area contributed by atoms with E-state index in [1.807, 2.05) is 58.0 Å². The van der Waals surface area contributed by atoms with Gasteiger partial charge in [0, 0.05) is 6.54 Å². The zero-order valence-electron chi connectivity index (χ0n) is 21.6. The molecular weight excluding hydrogens is 466 g/mol. The number of aryl methyl sites for hydroxylation is 3. The smallest absolute Gasteiger partial charge is 0.408 e. The zero-order valence-corrected chi connectivity index (χ0v) is 22.4. The molecule has 2 aromatic rings. The highest BCUT2D eigenvalue weighted by molar-refractivity contribution is 6.34. The van der Waals surface area contributed by atoms with Crippen molar-refractivity contribution < 1.29 is 19.1 Å². The molecular formula is C27H36ClN3O4. The largest absolute Gasteiger partial charge is 0.444 e. The van der Waals surface area contributed by atoms with Gasteiger partial charge in [-0.1, -0.05) is 48.9 Å². The van der Waals surface area contributed by atoms with Crippen molar-refractivity contribution in [3.05, 3.63) is 63.7 Å². The minimum absolute atomic E-state index is 0.297. The average Bonchev–Trinajstić information content (AvgIpc) is 2.75. The van der Waals surface area contributed by atoms with Crippen LogP contribution in [0.4, 0.5) is 10.5 Å². The summed E-state index contributed by atoms with van der Waals surface area (Å²) in [5, 5.41) is 5.87. The second-order valence-corrected chi connectivity index (χ2v) is 9.98. The van der Waals surface area contributed by atoms with Gasteiger partial charge in [-0.25, -0.2) is 4.79 Å². The van der Waals surface area contributed by atoms with Gasteiger partial charge in [-0.15, -0.1) is 0 Å². The van der Waals surface area contributed by atoms with E-state index in [4.69, 9.17) is 16.3 Å². The van der Waals surface area contributed by atoms with E-state index in [1.54, 1.807) is 26.8 Å². The van der Waals surface area contributed by atoms with Crippen molar-refractivity contribution in [1.29, 1.82) is 0 Å². The van der Waals surface area contributed by atoms with Crippen LogP contribution in [0, 0.1) is 20.8 Å². The van der Waals surface area contributed by atoms with Crippen LogP contribution in [0.3, 0.4) is 0 Å². The normalized spacial score (nSPS) is 12.0. The molecule has 0 aliphatic rings. The van der Waals surface area contributed by atoms with Gasteiger partial charge in [0.2, 0.25) is 5.91 Å². The van der Waals surface area contributed by atoms with Gasteiger partial charge in [-0.2, -0.15) is 0 Å². The van der Waals surface area contributed by atoms with Gasteiger partial charge >= 0.3 is 6.09 Å². The van der Waals surface area contributed by atoms with Crippen molar-refractivity contribution in [3.63, 3.8) is 0 Å². The number of nitrogens with zero attached hydrogens (tertiary/aromatic N) is 1. The number of amides is 3. The molecule has 0 heterocycles. The van der Waals surface area contributed by atoms with Gasteiger partial charge in [-0.3, -0.25) is 9.59 Å². The third kappa shape index (κ3) is 7.72. The van der Waals surface area contributed by atoms with E-state index >= 15 is 0 Å². The summed E-state index contributed by atoms with van der Waals surface area (Å²) in [6, 6.07) is 10.2. The van der Waals surface area contributed by atoms with Crippen LogP contribution in [0.25, 0.3) is 0 Å². The van der Waals surface area contributed by atoms with Crippen LogP contribution in [0.1, 0.15) is 62.4 Å². The summed E-state index contributed by atoms with van der Waals surface area (Å²) < 4.78 is 5.25. The van der Waals surface area contributed by atoms with E-state index in [2.05, 4.69) is 10.6 Å². The van der Waals surface area contributed by atoms with Crippen LogP contribution in [0.5, 0.6) is 0 Å². The van der Waals surface area contributed by atoms with Gasteiger partial charge in [0.25, 0.3) is 5.91 Å². The highest BCUT2D eigenvalue weighted by atomic mass is 35.5. The summed E-state index contributed by atoms with van der Waals surface area (Å²) in [7, 11) is 0. The number of carbonyl (C=O) groups excluding carboxylic acids is 3. The molecule has 8 heteroatoms. The summed E-state index contributed by atoms with van der Waals surface area (Å²) in [6.07, 6.45) is -0.0695. The number of ether oxygens (including phenoxy) is 1. The lowest BCUT2D eigenvalue weighted by Crippen LogP contribution is -2.47. The molecule has 0 aliphatic carbocycles. The molecule has 0 aliphatic heterocycles. The minimum atomic E-state index is -0.917. The van der Waals surface area contributed by atoms with Gasteiger partial charge in [0.15, 0.2) is 0 Å². The van der Waals surface area contributed by atoms with Crippen molar-refractivity contribution in [3.8, 4) is 0 Å². The molecule has 0 spiro atoms. The topological polar surface area (TPSA) is 87.7 Å². The van der Waals surface area contributed by atoms with Crippen molar-refractivity contribution >= 4 is 35.2 Å². The lowest BCUT2D eigenvalue weighted by molar-refractivity contribution is -0.138. The van der Waals surface area contributed by atoms with Gasteiger partial charge in [0.1, 0.15) is 18.2 Å². The third-order valence-electron chi connectivity index (χ3n) is 5.41. The van der Waals surface area contributed by atoms with E-state index in [0.29, 0.717) is 23.7 Å². The maximum Gasteiger partial charge on any atom is 0.408 e. The number of nitrogens with one attached hydrogen (secondary N) is 2. The van der Waals surface area contributed by atoms with Crippen LogP contribution in [-0.2, 0) is 14.3 Å². The van der Waals surface area contributed by atoms with E-state index in [-0.39, 0.29) is 12.5 Å². The summed E-state index contributed by atoms with van der Waals surface area (Å²) in [6.45, 7) is 12.9. The Balaban J connectivity index is 2.45. The molecule has 0 aromatic heterocycles. The SMILES string of the molecule is CCCN(C(=O)CNC(=O)OC(C)(C)C)C(C(=O)Nc1c(C)cccc1Cl)c1c(C)cccc1C. The highest BCUT2D eigenvalue weighted by Crippen LogP contribution is 2.32. The summed E-state index contributed by atoms with van der Waals surface area (Å²) in [4.78, 5) is 40.8. The molecule has 35 heavy (non-hydrogen) atoms. The number of benzene rings is 2. The third-order valence-corrected chi connectivity index (χ3v) is 5.73. The van der Waals surface area contributed by atoms with Crippen molar-refractivity contribution in [2.75, 3.05) is 18.4 Å². The molecule has 7 nitrogen and oxygen atoms in total. The monoisotopic (exact) mass is 501 g/mol. The fraction of sp³-hybridized carbons (Fsp3) is 0.444. The Bertz CT molecular complexity index is 1040. The standard InChI is InChI=1S/C27H36ClN3O4/c1-8-15-31(21(32)16-29-26(34)35-27(5,6)7)24(22-17(2)11-9-12-18(22)3)25(33)30-23-19(4)13-10-14-20(23)28/h9-14,24H,8,15-16H2,1-7H3,(H,29,34)(H,30,33). The highest BCUT2D eigenvalue weighted by Gasteiger charge is 2.34. The number of anilines is 1. The Labute approximate surface area is 213 Å². The molecule has 2 N–H and O–H groups in total. The van der Waals surface area contributed by atoms with Crippen LogP contribution < -0.4 is 10.6 Å². The Morgan fingerprint density at radius 1 is 1.00 bits per heavy atom. The summed E-state index contributed by atoms with van der Waals surface area (Å²) in [5.41, 5.74) is 3.14. The molecule has 1 unspecified atom stereocenters. The van der Waals surface area contributed by atoms with Crippen LogP contribution >= 0.6 is 11.6 Å². The Morgan fingerprint density at radius 3 is 2.11 bits per heavy atom. The first-order valence-electron chi connectivity index (χ1n) is 11.7. The molecule has 3 amide bonds. The Morgan fingerprint density at radius 2 is 1.57 bits per heavy atom. The number of para-hydroxylation sites is 1. The zero-order chi connectivity index (χ0) is 26.3. The molecule has 1 atom stereocenters. The lowest BCUT2D eigenvalue weighted by Gasteiger charge is -2.33. The van der Waals surface area contributed by atoms with Crippen molar-refractivity contribution in [2.24, 2.45) is 0 Å². The molecule has 2 rings (SSSR count). The first-order valence-corrected chi connectivity index (χ1v) is 12.1. The van der Waals surface area contributed by atoms with Crippen LogP contribution in [0.2, 0.25) is 5.02 Å². The first kappa shape index (κ1) is 28.2. The lowest BCUT2D eigenvalue weighted by atomic mass is 9.93. The average molecular weight is 502 g/mol. The van der Waals surface area contributed by atoms with E-state index in [9.17, 15) is 14.4 Å². The van der Waals surface area contributed by atoms with Crippen LogP contribution in [0.15, 0.2) is 36.4 Å². The minimum Gasteiger partial charge on any atom is -0.444 e. The number of rotatable bonds is 8. The summed E-state index contributed by atoms with van der Waals surface area (Å²) in [5.74, 6) is -0.769. The molecule has 0 fully saturated rings. The molecule has 0 saturated heterocycles. The Hall–Kier alpha value is -3.06. The fourth-order valence-electron chi connectivity index (χ4n) is 3.87. The van der Waals surface area contributed by atoms with Crippen molar-refractivity contribution in [1.82, 2.24) is 10.2 Å². The maximum absolute atomic E-state index is 13.8. The van der Waals surface area contributed by atoms with Crippen LogP contribution in [-0.4, -0.2) is 41.5 Å². The molecule has 190 valence electrons. The number of alkyl carbamates (subject to hydrolysis) is 1. The first-order chi connectivity index (χ1) is 16.4. The van der Waals surface area contributed by atoms with Gasteiger partial charge in [0.05, 0.1) is 10.7 Å². The van der Waals surface area contributed by atoms with E-state index in [1.165, 1.54) is 4.90 Å². The predicted molar refractivity (Wildman–Crippen MR) is 140 cm³/mol. The van der Waals surface area contributed by atoms with E-state index < -0.39 is 23.6 Å². The van der Waals surface area contributed by atoms with Gasteiger partial charge < -0.3 is 20.3 Å². The molecule has 0 bridgehead atoms. The second-order valence-electron chi connectivity index (χ2n) is 9.57. The summed E-state index contributed by atoms with van der Waals surface area (Å²) >= 11 is 6.37. The number of carbonyl (C=O) groups is 3. The number of hydrogen-bond acceptors (Lipinski definition) is 4. The van der Waals surface area contributed by atoms with E-state index in [0.717, 1.165) is 22.3 Å².